The van der Waals surface area contributed by atoms with Crippen LogP contribution in [-0.4, -0.2) is 72.2 Å². The first kappa shape index (κ1) is 24.4. The molecule has 4 rings (SSSR count). The highest BCUT2D eigenvalue weighted by atomic mass is 32.1. The highest BCUT2D eigenvalue weighted by Crippen LogP contribution is 2.23. The predicted molar refractivity (Wildman–Crippen MR) is 134 cm³/mol. The second kappa shape index (κ2) is 12.1. The SMILES string of the molecule is Nc1cscc1NC(=O)c1ccc(CN(CCCN2CCOCC2)C(=O)NC2CCCC2)cn1. The summed E-state index contributed by atoms with van der Waals surface area (Å²) in [4.78, 5) is 34.1. The predicted octanol–water partition coefficient (Wildman–Crippen LogP) is 3.15. The molecule has 34 heavy (non-hydrogen) atoms. The molecule has 1 aliphatic heterocycles. The number of nitrogens with zero attached hydrogens (tertiary/aromatic N) is 3. The van der Waals surface area contributed by atoms with E-state index in [1.54, 1.807) is 23.0 Å². The van der Waals surface area contributed by atoms with E-state index in [1.165, 1.54) is 24.2 Å². The lowest BCUT2D eigenvalue weighted by Gasteiger charge is -2.29. The van der Waals surface area contributed by atoms with Gasteiger partial charge in [0.25, 0.3) is 5.91 Å². The number of rotatable bonds is 9. The molecule has 0 radical (unpaired) electrons. The number of hydrogen-bond acceptors (Lipinski definition) is 7. The summed E-state index contributed by atoms with van der Waals surface area (Å²) in [6.07, 6.45) is 7.01. The number of anilines is 2. The van der Waals surface area contributed by atoms with Gasteiger partial charge < -0.3 is 26.0 Å². The first-order valence-electron chi connectivity index (χ1n) is 12.0. The zero-order valence-corrected chi connectivity index (χ0v) is 20.3. The van der Waals surface area contributed by atoms with Crippen molar-refractivity contribution >= 4 is 34.6 Å². The third kappa shape index (κ3) is 6.91. The number of pyridine rings is 1. The fourth-order valence-corrected chi connectivity index (χ4v) is 5.04. The number of nitrogens with one attached hydrogen (secondary N) is 2. The van der Waals surface area contributed by atoms with Gasteiger partial charge in [-0.1, -0.05) is 18.9 Å². The molecule has 3 heterocycles. The van der Waals surface area contributed by atoms with Gasteiger partial charge in [0.15, 0.2) is 0 Å². The molecular formula is C24H34N6O3S. The van der Waals surface area contributed by atoms with Gasteiger partial charge in [0.1, 0.15) is 5.69 Å². The molecule has 2 aromatic rings. The number of morpholine rings is 1. The summed E-state index contributed by atoms with van der Waals surface area (Å²) in [5.41, 5.74) is 8.17. The Labute approximate surface area is 204 Å². The van der Waals surface area contributed by atoms with Gasteiger partial charge in [-0.15, -0.1) is 11.3 Å². The summed E-state index contributed by atoms with van der Waals surface area (Å²) in [6.45, 7) is 5.49. The maximum absolute atomic E-state index is 13.1. The Morgan fingerprint density at radius 3 is 2.68 bits per heavy atom. The Morgan fingerprint density at radius 2 is 2.00 bits per heavy atom. The van der Waals surface area contributed by atoms with E-state index >= 15 is 0 Å². The molecule has 9 nitrogen and oxygen atoms in total. The average molecular weight is 487 g/mol. The first-order chi connectivity index (χ1) is 16.6. The van der Waals surface area contributed by atoms with Crippen LogP contribution in [0.5, 0.6) is 0 Å². The van der Waals surface area contributed by atoms with Crippen molar-refractivity contribution in [3.8, 4) is 0 Å². The molecule has 1 saturated heterocycles. The molecule has 0 unspecified atom stereocenters. The van der Waals surface area contributed by atoms with E-state index in [0.717, 1.165) is 57.7 Å². The molecule has 0 aromatic carbocycles. The van der Waals surface area contributed by atoms with E-state index in [0.29, 0.717) is 30.2 Å². The smallest absolute Gasteiger partial charge is 0.317 e. The van der Waals surface area contributed by atoms with Crippen LogP contribution in [0.15, 0.2) is 29.1 Å². The molecule has 0 atom stereocenters. The minimum Gasteiger partial charge on any atom is -0.396 e. The highest BCUT2D eigenvalue weighted by Gasteiger charge is 2.22. The third-order valence-electron chi connectivity index (χ3n) is 6.35. The monoisotopic (exact) mass is 486 g/mol. The standard InChI is InChI=1S/C24H34N6O3S/c25-20-16-34-17-22(20)28-23(31)21-7-6-18(14-26-21)15-30(24(32)27-19-4-1-2-5-19)9-3-8-29-10-12-33-13-11-29/h6-7,14,16-17,19H,1-5,8-13,15,25H2,(H,27,32)(H,28,31). The van der Waals surface area contributed by atoms with Gasteiger partial charge in [-0.05, 0) is 30.9 Å². The van der Waals surface area contributed by atoms with E-state index in [-0.39, 0.29) is 18.0 Å². The van der Waals surface area contributed by atoms with Crippen molar-refractivity contribution in [3.05, 3.63) is 40.3 Å². The molecule has 0 spiro atoms. The zero-order valence-electron chi connectivity index (χ0n) is 19.5. The van der Waals surface area contributed by atoms with Crippen molar-refractivity contribution in [1.82, 2.24) is 20.1 Å². The lowest BCUT2D eigenvalue weighted by atomic mass is 10.2. The van der Waals surface area contributed by atoms with Gasteiger partial charge in [-0.3, -0.25) is 14.7 Å². The van der Waals surface area contributed by atoms with Crippen molar-refractivity contribution in [2.24, 2.45) is 0 Å². The summed E-state index contributed by atoms with van der Waals surface area (Å²) < 4.78 is 5.42. The number of thiophene rings is 1. The molecular weight excluding hydrogens is 452 g/mol. The number of carbonyl (C=O) groups is 2. The van der Waals surface area contributed by atoms with Crippen LogP contribution in [0, 0.1) is 0 Å². The van der Waals surface area contributed by atoms with Gasteiger partial charge in [0.2, 0.25) is 0 Å². The number of nitrogens with two attached hydrogens (primary N) is 1. The quantitative estimate of drug-likeness (QED) is 0.502. The summed E-state index contributed by atoms with van der Waals surface area (Å²) >= 11 is 1.43. The average Bonchev–Trinajstić information content (AvgIpc) is 3.51. The highest BCUT2D eigenvalue weighted by molar-refractivity contribution is 7.09. The molecule has 3 amide bonds. The van der Waals surface area contributed by atoms with Crippen LogP contribution < -0.4 is 16.4 Å². The minimum atomic E-state index is -0.307. The van der Waals surface area contributed by atoms with Crippen LogP contribution in [-0.2, 0) is 11.3 Å². The molecule has 2 aliphatic rings. The molecule has 184 valence electrons. The number of urea groups is 1. The molecule has 2 aromatic heterocycles. The maximum Gasteiger partial charge on any atom is 0.317 e. The number of amides is 3. The second-order valence-electron chi connectivity index (χ2n) is 8.91. The Bertz CT molecular complexity index is 938. The second-order valence-corrected chi connectivity index (χ2v) is 9.65. The molecule has 2 fully saturated rings. The third-order valence-corrected chi connectivity index (χ3v) is 7.11. The van der Waals surface area contributed by atoms with E-state index in [9.17, 15) is 9.59 Å². The summed E-state index contributed by atoms with van der Waals surface area (Å²) in [5.74, 6) is -0.307. The maximum atomic E-state index is 13.1. The topological polar surface area (TPSA) is 113 Å². The van der Waals surface area contributed by atoms with Crippen molar-refractivity contribution < 1.29 is 14.3 Å². The number of nitrogen functional groups attached to an aromatic ring is 1. The largest absolute Gasteiger partial charge is 0.396 e. The normalized spacial score (nSPS) is 16.9. The summed E-state index contributed by atoms with van der Waals surface area (Å²) in [6, 6.07) is 3.79. The Hall–Kier alpha value is -2.69. The lowest BCUT2D eigenvalue weighted by Crippen LogP contribution is -2.45. The van der Waals surface area contributed by atoms with Crippen molar-refractivity contribution in [1.29, 1.82) is 0 Å². The van der Waals surface area contributed by atoms with Crippen LogP contribution >= 0.6 is 11.3 Å². The van der Waals surface area contributed by atoms with Crippen LogP contribution in [0.4, 0.5) is 16.2 Å². The zero-order chi connectivity index (χ0) is 23.8. The molecule has 4 N–H and O–H groups in total. The van der Waals surface area contributed by atoms with Gasteiger partial charge in [0, 0.05) is 55.7 Å². The number of hydrogen-bond donors (Lipinski definition) is 3. The van der Waals surface area contributed by atoms with Gasteiger partial charge in [-0.2, -0.15) is 0 Å². The fraction of sp³-hybridized carbons (Fsp3) is 0.542. The summed E-state index contributed by atoms with van der Waals surface area (Å²) in [5, 5.41) is 9.55. The Kier molecular flexibility index (Phi) is 8.73. The molecule has 1 saturated carbocycles. The molecule has 1 aliphatic carbocycles. The van der Waals surface area contributed by atoms with E-state index in [4.69, 9.17) is 10.5 Å². The van der Waals surface area contributed by atoms with Crippen molar-refractivity contribution in [2.45, 2.75) is 44.7 Å². The number of carbonyl (C=O) groups excluding carboxylic acids is 2. The van der Waals surface area contributed by atoms with Crippen molar-refractivity contribution in [3.63, 3.8) is 0 Å². The molecule has 0 bridgehead atoms. The van der Waals surface area contributed by atoms with Gasteiger partial charge >= 0.3 is 6.03 Å². The number of ether oxygens (including phenoxy) is 1. The first-order valence-corrected chi connectivity index (χ1v) is 13.0. The Balaban J connectivity index is 1.35. The van der Waals surface area contributed by atoms with Gasteiger partial charge in [0.05, 0.1) is 24.6 Å². The fourth-order valence-electron chi connectivity index (χ4n) is 4.37. The Morgan fingerprint density at radius 1 is 1.21 bits per heavy atom. The minimum absolute atomic E-state index is 0.0244. The van der Waals surface area contributed by atoms with E-state index < -0.39 is 0 Å². The van der Waals surface area contributed by atoms with Crippen molar-refractivity contribution in [2.75, 3.05) is 50.4 Å². The van der Waals surface area contributed by atoms with Crippen LogP contribution in [0.25, 0.3) is 0 Å². The summed E-state index contributed by atoms with van der Waals surface area (Å²) in [7, 11) is 0. The van der Waals surface area contributed by atoms with E-state index in [2.05, 4.69) is 20.5 Å². The lowest BCUT2D eigenvalue weighted by molar-refractivity contribution is 0.0364. The van der Waals surface area contributed by atoms with E-state index in [1.807, 2.05) is 11.0 Å². The number of aromatic nitrogens is 1. The van der Waals surface area contributed by atoms with Crippen LogP contribution in [0.3, 0.4) is 0 Å². The van der Waals surface area contributed by atoms with Gasteiger partial charge in [-0.25, -0.2) is 4.79 Å². The van der Waals surface area contributed by atoms with Crippen LogP contribution in [0.1, 0.15) is 48.2 Å². The molecule has 10 heteroatoms. The van der Waals surface area contributed by atoms with Crippen LogP contribution in [0.2, 0.25) is 0 Å².